The number of fused-ring (bicyclic) bond motifs is 1. The second kappa shape index (κ2) is 7.65. The molecule has 9 heteroatoms. The molecule has 1 fully saturated rings. The van der Waals surface area contributed by atoms with Crippen molar-refractivity contribution in [3.05, 3.63) is 60.9 Å². The molecule has 1 aliphatic rings. The lowest BCUT2D eigenvalue weighted by atomic mass is 10.2. The van der Waals surface area contributed by atoms with E-state index in [9.17, 15) is 9.59 Å². The summed E-state index contributed by atoms with van der Waals surface area (Å²) in [5.41, 5.74) is 4.29. The molecule has 2 aromatic carbocycles. The van der Waals surface area contributed by atoms with Crippen molar-refractivity contribution in [1.29, 1.82) is 0 Å². The van der Waals surface area contributed by atoms with Gasteiger partial charge in [0.2, 0.25) is 5.91 Å². The van der Waals surface area contributed by atoms with Crippen LogP contribution in [0.1, 0.15) is 6.42 Å². The summed E-state index contributed by atoms with van der Waals surface area (Å²) >= 11 is 1.11. The van der Waals surface area contributed by atoms with Crippen molar-refractivity contribution >= 4 is 51.2 Å². The van der Waals surface area contributed by atoms with Gasteiger partial charge in [0.15, 0.2) is 11.0 Å². The van der Waals surface area contributed by atoms with E-state index in [4.69, 9.17) is 5.11 Å². The van der Waals surface area contributed by atoms with Gasteiger partial charge in [0, 0.05) is 5.39 Å². The van der Waals surface area contributed by atoms with Crippen LogP contribution in [0, 0.1) is 0 Å². The first kappa shape index (κ1) is 17.9. The third-order valence-electron chi connectivity index (χ3n) is 4.11. The van der Waals surface area contributed by atoms with Crippen LogP contribution >= 0.6 is 11.8 Å². The number of carboxylic acids is 1. The Kier molecular flexibility index (Phi) is 4.90. The first-order valence-electron chi connectivity index (χ1n) is 8.44. The summed E-state index contributed by atoms with van der Waals surface area (Å²) in [5.74, 6) is -0.845. The van der Waals surface area contributed by atoms with Gasteiger partial charge < -0.3 is 5.11 Å². The number of hydrazone groups is 1. The van der Waals surface area contributed by atoms with E-state index in [1.165, 1.54) is 11.2 Å². The predicted molar refractivity (Wildman–Crippen MR) is 108 cm³/mol. The molecular formula is C19H15N5O3S. The molecule has 28 heavy (non-hydrogen) atoms. The minimum Gasteiger partial charge on any atom is -0.481 e. The minimum atomic E-state index is -1.03. The Morgan fingerprint density at radius 2 is 1.89 bits per heavy atom. The molecule has 0 aliphatic carbocycles. The topological polar surface area (TPSA) is 108 Å². The maximum atomic E-state index is 12.8. The van der Waals surface area contributed by atoms with Crippen LogP contribution in [0.5, 0.6) is 0 Å². The molecule has 8 nitrogen and oxygen atoms in total. The van der Waals surface area contributed by atoms with Crippen LogP contribution in [0.15, 0.2) is 66.0 Å². The molecule has 3 aromatic rings. The Labute approximate surface area is 164 Å². The number of anilines is 2. The van der Waals surface area contributed by atoms with Crippen molar-refractivity contribution in [2.24, 2.45) is 5.10 Å². The van der Waals surface area contributed by atoms with Crippen molar-refractivity contribution in [2.45, 2.75) is 11.7 Å². The van der Waals surface area contributed by atoms with E-state index in [2.05, 4.69) is 20.5 Å². The first-order valence-corrected chi connectivity index (χ1v) is 9.32. The molecule has 2 N–H and O–H groups in total. The highest BCUT2D eigenvalue weighted by molar-refractivity contribution is 8.16. The van der Waals surface area contributed by atoms with Gasteiger partial charge in [-0.15, -0.1) is 5.10 Å². The molecule has 140 valence electrons. The zero-order valence-corrected chi connectivity index (χ0v) is 15.3. The van der Waals surface area contributed by atoms with Crippen LogP contribution in [-0.2, 0) is 9.59 Å². The van der Waals surface area contributed by atoms with Crippen molar-refractivity contribution in [3.63, 3.8) is 0 Å². The number of nitrogens with zero attached hydrogens (tertiary/aromatic N) is 4. The van der Waals surface area contributed by atoms with Gasteiger partial charge in [-0.05, 0) is 24.3 Å². The summed E-state index contributed by atoms with van der Waals surface area (Å²) in [6, 6.07) is 16.5. The molecule has 0 bridgehead atoms. The summed E-state index contributed by atoms with van der Waals surface area (Å²) in [6.07, 6.45) is 1.16. The lowest BCUT2D eigenvalue weighted by Crippen LogP contribution is -2.33. The number of carbonyl (C=O) groups is 2. The van der Waals surface area contributed by atoms with Crippen molar-refractivity contribution in [1.82, 2.24) is 9.97 Å². The van der Waals surface area contributed by atoms with Gasteiger partial charge in [0.25, 0.3) is 0 Å². The molecule has 1 atom stereocenters. The summed E-state index contributed by atoms with van der Waals surface area (Å²) in [7, 11) is 0. The summed E-state index contributed by atoms with van der Waals surface area (Å²) < 4.78 is 0. The normalized spacial score (nSPS) is 18.0. The second-order valence-electron chi connectivity index (χ2n) is 5.96. The molecule has 0 spiro atoms. The average molecular weight is 393 g/mol. The lowest BCUT2D eigenvalue weighted by Gasteiger charge is -2.16. The smallest absolute Gasteiger partial charge is 0.305 e. The number of nitrogens with one attached hydrogen (secondary N) is 1. The number of thioether (sulfide) groups is 1. The number of amides is 1. The van der Waals surface area contributed by atoms with Crippen LogP contribution in [0.4, 0.5) is 11.5 Å². The molecule has 0 saturated carbocycles. The maximum absolute atomic E-state index is 12.8. The molecule has 4 rings (SSSR count). The summed E-state index contributed by atoms with van der Waals surface area (Å²) in [4.78, 5) is 33.8. The van der Waals surface area contributed by atoms with E-state index in [-0.39, 0.29) is 12.3 Å². The van der Waals surface area contributed by atoms with Gasteiger partial charge in [-0.3, -0.25) is 19.9 Å². The van der Waals surface area contributed by atoms with Gasteiger partial charge in [-0.25, -0.2) is 9.97 Å². The zero-order chi connectivity index (χ0) is 19.5. The molecule has 1 amide bonds. The van der Waals surface area contributed by atoms with Crippen LogP contribution < -0.4 is 10.3 Å². The fraction of sp³-hybridized carbons (Fsp3) is 0.105. The minimum absolute atomic E-state index is 0.276. The number of carboxylic acid groups (broad SMARTS) is 1. The predicted octanol–water partition coefficient (Wildman–Crippen LogP) is 2.94. The summed E-state index contributed by atoms with van der Waals surface area (Å²) in [5, 5.41) is 13.9. The standard InChI is InChI=1S/C19H15N5O3S/c25-16(26)10-15-18(27)24(12-6-2-1-3-7-12)19(28-15)23-22-17-13-8-4-5-9-14(13)20-11-21-17/h1-9,11,15H,10H2,(H,25,26)(H,20,21,22). The van der Waals surface area contributed by atoms with Gasteiger partial charge >= 0.3 is 5.97 Å². The molecule has 2 heterocycles. The van der Waals surface area contributed by atoms with Crippen molar-refractivity contribution in [3.8, 4) is 0 Å². The molecular weight excluding hydrogens is 378 g/mol. The Balaban J connectivity index is 1.68. The Hall–Kier alpha value is -3.46. The monoisotopic (exact) mass is 393 g/mol. The molecule has 1 unspecified atom stereocenters. The van der Waals surface area contributed by atoms with Gasteiger partial charge in [-0.2, -0.15) is 0 Å². The number of hydrogen-bond acceptors (Lipinski definition) is 7. The number of para-hydroxylation sites is 2. The zero-order valence-electron chi connectivity index (χ0n) is 14.5. The average Bonchev–Trinajstić information content (AvgIpc) is 3.01. The van der Waals surface area contributed by atoms with Gasteiger partial charge in [-0.1, -0.05) is 42.1 Å². The van der Waals surface area contributed by atoms with E-state index >= 15 is 0 Å². The van der Waals surface area contributed by atoms with Gasteiger partial charge in [0.1, 0.15) is 11.6 Å². The SMILES string of the molecule is O=C(O)CC1SC(=NNc2ncnc3ccccc23)N(c2ccccc2)C1=O. The van der Waals surface area contributed by atoms with Crippen LogP contribution in [-0.4, -0.2) is 37.4 Å². The number of amidine groups is 1. The van der Waals surface area contributed by atoms with Gasteiger partial charge in [0.05, 0.1) is 17.6 Å². The van der Waals surface area contributed by atoms with Crippen molar-refractivity contribution in [2.75, 3.05) is 10.3 Å². The quantitative estimate of drug-likeness (QED) is 0.642. The number of benzene rings is 2. The number of carbonyl (C=O) groups excluding carboxylic acids is 1. The summed E-state index contributed by atoms with van der Waals surface area (Å²) in [6.45, 7) is 0. The molecule has 1 aromatic heterocycles. The van der Waals surface area contributed by atoms with E-state index < -0.39 is 11.2 Å². The van der Waals surface area contributed by atoms with Crippen LogP contribution in [0.2, 0.25) is 0 Å². The number of aliphatic carboxylic acids is 1. The largest absolute Gasteiger partial charge is 0.481 e. The molecule has 1 saturated heterocycles. The van der Waals surface area contributed by atoms with E-state index in [1.807, 2.05) is 30.3 Å². The van der Waals surface area contributed by atoms with E-state index in [0.717, 1.165) is 22.7 Å². The molecule has 1 aliphatic heterocycles. The molecule has 0 radical (unpaired) electrons. The highest BCUT2D eigenvalue weighted by Crippen LogP contribution is 2.33. The Morgan fingerprint density at radius 1 is 1.14 bits per heavy atom. The maximum Gasteiger partial charge on any atom is 0.305 e. The van der Waals surface area contributed by atoms with Crippen molar-refractivity contribution < 1.29 is 14.7 Å². The number of aromatic nitrogens is 2. The number of rotatable bonds is 5. The highest BCUT2D eigenvalue weighted by atomic mass is 32.2. The number of hydrogen-bond donors (Lipinski definition) is 2. The Morgan fingerprint density at radius 3 is 2.68 bits per heavy atom. The van der Waals surface area contributed by atoms with Crippen LogP contribution in [0.3, 0.4) is 0 Å². The van der Waals surface area contributed by atoms with Crippen LogP contribution in [0.25, 0.3) is 10.9 Å². The third-order valence-corrected chi connectivity index (χ3v) is 5.25. The first-order chi connectivity index (χ1) is 13.6. The highest BCUT2D eigenvalue weighted by Gasteiger charge is 2.40. The fourth-order valence-corrected chi connectivity index (χ4v) is 3.93. The second-order valence-corrected chi connectivity index (χ2v) is 7.13. The van der Waals surface area contributed by atoms with E-state index in [0.29, 0.717) is 16.7 Å². The lowest BCUT2D eigenvalue weighted by molar-refractivity contribution is -0.138. The Bertz CT molecular complexity index is 1070. The van der Waals surface area contributed by atoms with E-state index in [1.54, 1.807) is 24.3 Å². The fourth-order valence-electron chi connectivity index (χ4n) is 2.84. The third kappa shape index (κ3) is 3.52.